The van der Waals surface area contributed by atoms with Gasteiger partial charge in [0.1, 0.15) is 0 Å². The van der Waals surface area contributed by atoms with Gasteiger partial charge in [0.2, 0.25) is 5.91 Å². The lowest BCUT2D eigenvalue weighted by molar-refractivity contribution is -0.151. The lowest BCUT2D eigenvalue weighted by Crippen LogP contribution is -2.41. The molecular formula is C13H13F2NO3S. The van der Waals surface area contributed by atoms with E-state index in [1.54, 1.807) is 12.1 Å². The topological polar surface area (TPSA) is 66.4 Å². The van der Waals surface area contributed by atoms with Crippen molar-refractivity contribution in [1.29, 1.82) is 0 Å². The van der Waals surface area contributed by atoms with Crippen molar-refractivity contribution in [2.45, 2.75) is 23.5 Å². The largest absolute Gasteiger partial charge is 0.481 e. The van der Waals surface area contributed by atoms with E-state index in [1.165, 1.54) is 12.1 Å². The van der Waals surface area contributed by atoms with Crippen LogP contribution in [0.15, 0.2) is 29.2 Å². The van der Waals surface area contributed by atoms with E-state index in [2.05, 4.69) is 5.32 Å². The van der Waals surface area contributed by atoms with E-state index >= 15 is 0 Å². The molecular weight excluding hydrogens is 288 g/mol. The maximum atomic E-state index is 12.4. The molecule has 0 saturated heterocycles. The monoisotopic (exact) mass is 301 g/mol. The fourth-order valence-corrected chi connectivity index (χ4v) is 2.70. The molecule has 108 valence electrons. The van der Waals surface area contributed by atoms with E-state index in [1.807, 2.05) is 0 Å². The standard InChI is InChI=1S/C13H13F2NO3S/c14-13(15)20-10-4-2-1-3-9(10)16-11(17)7-5-6-8(7)12(18)19/h1-4,7-8,13H,5-6H2,(H,16,17)(H,18,19). The number of thioether (sulfide) groups is 1. The minimum Gasteiger partial charge on any atom is -0.481 e. The fraction of sp³-hybridized carbons (Fsp3) is 0.385. The molecule has 0 bridgehead atoms. The summed E-state index contributed by atoms with van der Waals surface area (Å²) in [5.74, 6) is -5.26. The second-order valence-electron chi connectivity index (χ2n) is 4.49. The maximum absolute atomic E-state index is 12.4. The predicted molar refractivity (Wildman–Crippen MR) is 70.8 cm³/mol. The van der Waals surface area contributed by atoms with Crippen molar-refractivity contribution in [1.82, 2.24) is 0 Å². The zero-order valence-corrected chi connectivity index (χ0v) is 11.2. The number of hydrogen-bond donors (Lipinski definition) is 2. The number of carbonyl (C=O) groups is 2. The SMILES string of the molecule is O=C(O)C1CCC1C(=O)Nc1ccccc1SC(F)F. The van der Waals surface area contributed by atoms with Gasteiger partial charge >= 0.3 is 5.97 Å². The first-order chi connectivity index (χ1) is 9.49. The Morgan fingerprint density at radius 2 is 1.90 bits per heavy atom. The van der Waals surface area contributed by atoms with Gasteiger partial charge in [-0.15, -0.1) is 0 Å². The first-order valence-electron chi connectivity index (χ1n) is 6.06. The fourth-order valence-electron chi connectivity index (χ4n) is 2.10. The summed E-state index contributed by atoms with van der Waals surface area (Å²) in [6.45, 7) is 0. The van der Waals surface area contributed by atoms with Crippen LogP contribution < -0.4 is 5.32 Å². The van der Waals surface area contributed by atoms with Gasteiger partial charge in [-0.3, -0.25) is 9.59 Å². The van der Waals surface area contributed by atoms with E-state index in [9.17, 15) is 18.4 Å². The maximum Gasteiger partial charge on any atom is 0.307 e. The number of para-hydroxylation sites is 1. The highest BCUT2D eigenvalue weighted by molar-refractivity contribution is 7.99. The van der Waals surface area contributed by atoms with E-state index in [0.717, 1.165) is 0 Å². The van der Waals surface area contributed by atoms with E-state index in [-0.39, 0.29) is 4.90 Å². The number of alkyl halides is 2. The Morgan fingerprint density at radius 3 is 2.45 bits per heavy atom. The summed E-state index contributed by atoms with van der Waals surface area (Å²) in [6.07, 6.45) is 0.980. The van der Waals surface area contributed by atoms with Crippen LogP contribution in [-0.2, 0) is 9.59 Å². The second kappa shape index (κ2) is 6.21. The lowest BCUT2D eigenvalue weighted by Gasteiger charge is -2.32. The smallest absolute Gasteiger partial charge is 0.307 e. The number of amides is 1. The van der Waals surface area contributed by atoms with Gasteiger partial charge in [0.15, 0.2) is 0 Å². The third kappa shape index (κ3) is 3.27. The summed E-state index contributed by atoms with van der Waals surface area (Å²) in [6, 6.07) is 6.24. The van der Waals surface area contributed by atoms with Gasteiger partial charge in [0, 0.05) is 4.90 Å². The molecule has 0 aliphatic heterocycles. The summed E-state index contributed by atoms with van der Waals surface area (Å²) in [5.41, 5.74) is 0.291. The molecule has 2 unspecified atom stereocenters. The van der Waals surface area contributed by atoms with Crippen molar-refractivity contribution in [2.75, 3.05) is 5.32 Å². The Labute approximate surface area is 118 Å². The number of carbonyl (C=O) groups excluding carboxylic acids is 1. The van der Waals surface area contributed by atoms with Crippen molar-refractivity contribution < 1.29 is 23.5 Å². The summed E-state index contributed by atoms with van der Waals surface area (Å²) in [7, 11) is 0. The molecule has 7 heteroatoms. The van der Waals surface area contributed by atoms with Crippen LogP contribution >= 0.6 is 11.8 Å². The number of nitrogens with one attached hydrogen (secondary N) is 1. The third-order valence-corrected chi connectivity index (χ3v) is 4.08. The number of aliphatic carboxylic acids is 1. The van der Waals surface area contributed by atoms with Crippen LogP contribution in [-0.4, -0.2) is 22.7 Å². The molecule has 2 N–H and O–H groups in total. The first-order valence-corrected chi connectivity index (χ1v) is 6.94. The minimum absolute atomic E-state index is 0.266. The van der Waals surface area contributed by atoms with E-state index in [0.29, 0.717) is 30.3 Å². The van der Waals surface area contributed by atoms with Gasteiger partial charge in [0.25, 0.3) is 5.76 Å². The predicted octanol–water partition coefficient (Wildman–Crippen LogP) is 3.05. The molecule has 1 aliphatic carbocycles. The van der Waals surface area contributed by atoms with Gasteiger partial charge in [-0.25, -0.2) is 0 Å². The number of anilines is 1. The van der Waals surface area contributed by atoms with Crippen LogP contribution in [0.1, 0.15) is 12.8 Å². The summed E-state index contributed by atoms with van der Waals surface area (Å²) < 4.78 is 24.8. The van der Waals surface area contributed by atoms with Crippen LogP contribution in [0.4, 0.5) is 14.5 Å². The van der Waals surface area contributed by atoms with Gasteiger partial charge in [0.05, 0.1) is 17.5 Å². The highest BCUT2D eigenvalue weighted by atomic mass is 32.2. The summed E-state index contributed by atoms with van der Waals surface area (Å²) in [4.78, 5) is 23.1. The summed E-state index contributed by atoms with van der Waals surface area (Å²) in [5, 5.41) is 11.5. The lowest BCUT2D eigenvalue weighted by atomic mass is 9.73. The first kappa shape index (κ1) is 14.8. The van der Waals surface area contributed by atoms with Gasteiger partial charge < -0.3 is 10.4 Å². The van der Waals surface area contributed by atoms with Crippen LogP contribution in [0.3, 0.4) is 0 Å². The molecule has 0 spiro atoms. The quantitative estimate of drug-likeness (QED) is 0.820. The number of carboxylic acids is 1. The van der Waals surface area contributed by atoms with Crippen LogP contribution in [0.25, 0.3) is 0 Å². The third-order valence-electron chi connectivity index (χ3n) is 3.29. The highest BCUT2D eigenvalue weighted by Gasteiger charge is 2.41. The molecule has 1 aromatic rings. The molecule has 1 amide bonds. The van der Waals surface area contributed by atoms with Crippen LogP contribution in [0, 0.1) is 11.8 Å². The second-order valence-corrected chi connectivity index (χ2v) is 5.52. The average molecular weight is 301 g/mol. The Kier molecular flexibility index (Phi) is 4.59. The zero-order chi connectivity index (χ0) is 14.7. The normalized spacial score (nSPS) is 21.4. The van der Waals surface area contributed by atoms with Gasteiger partial charge in [-0.2, -0.15) is 8.78 Å². The number of halogens is 2. The molecule has 0 aromatic heterocycles. The summed E-state index contributed by atoms with van der Waals surface area (Å²) >= 11 is 0.347. The number of benzene rings is 1. The van der Waals surface area contributed by atoms with Crippen molar-refractivity contribution in [2.24, 2.45) is 11.8 Å². The van der Waals surface area contributed by atoms with Crippen LogP contribution in [0.5, 0.6) is 0 Å². The molecule has 2 rings (SSSR count). The number of rotatable bonds is 5. The van der Waals surface area contributed by atoms with E-state index < -0.39 is 29.5 Å². The number of carboxylic acid groups (broad SMARTS) is 1. The highest BCUT2D eigenvalue weighted by Crippen LogP contribution is 2.37. The molecule has 20 heavy (non-hydrogen) atoms. The van der Waals surface area contributed by atoms with E-state index in [4.69, 9.17) is 5.11 Å². The van der Waals surface area contributed by atoms with Crippen molar-refractivity contribution in [3.05, 3.63) is 24.3 Å². The molecule has 2 atom stereocenters. The van der Waals surface area contributed by atoms with Crippen molar-refractivity contribution in [3.63, 3.8) is 0 Å². The molecule has 4 nitrogen and oxygen atoms in total. The Hall–Kier alpha value is -1.63. The molecule has 0 radical (unpaired) electrons. The van der Waals surface area contributed by atoms with Crippen molar-refractivity contribution in [3.8, 4) is 0 Å². The molecule has 1 aliphatic rings. The molecule has 1 aromatic carbocycles. The molecule has 0 heterocycles. The zero-order valence-electron chi connectivity index (χ0n) is 10.4. The average Bonchev–Trinajstić information content (AvgIpc) is 2.28. The number of hydrogen-bond acceptors (Lipinski definition) is 3. The Bertz CT molecular complexity index is 524. The van der Waals surface area contributed by atoms with Gasteiger partial charge in [-0.05, 0) is 25.0 Å². The van der Waals surface area contributed by atoms with Gasteiger partial charge in [-0.1, -0.05) is 23.9 Å². The Balaban J connectivity index is 2.06. The molecule has 1 saturated carbocycles. The molecule has 1 fully saturated rings. The minimum atomic E-state index is -2.58. The van der Waals surface area contributed by atoms with Crippen LogP contribution in [0.2, 0.25) is 0 Å². The van der Waals surface area contributed by atoms with Crippen molar-refractivity contribution >= 4 is 29.3 Å². The Morgan fingerprint density at radius 1 is 1.25 bits per heavy atom.